The fourth-order valence-corrected chi connectivity index (χ4v) is 4.26. The molecule has 2 fully saturated rings. The summed E-state index contributed by atoms with van der Waals surface area (Å²) in [6, 6.07) is 1.43. The van der Waals surface area contributed by atoms with Crippen LogP contribution in [0.4, 0.5) is 5.82 Å². The number of aromatic nitrogens is 2. The zero-order valence-corrected chi connectivity index (χ0v) is 11.4. The molecule has 104 valence electrons. The van der Waals surface area contributed by atoms with Gasteiger partial charge in [-0.1, -0.05) is 0 Å². The number of nitrogens with one attached hydrogen (secondary N) is 2. The molecule has 6 nitrogen and oxygen atoms in total. The molecule has 1 saturated heterocycles. The molecule has 2 aliphatic rings. The van der Waals surface area contributed by atoms with E-state index < -0.39 is 9.84 Å². The molecule has 0 radical (unpaired) electrons. The second-order valence-electron chi connectivity index (χ2n) is 5.44. The van der Waals surface area contributed by atoms with Crippen molar-refractivity contribution in [2.24, 2.45) is 5.92 Å². The SMILES string of the molecule is O=c1cc(NCC2CCS(=O)(=O)C2)nc(C2CC2)[nH]1. The molecule has 0 spiro atoms. The largest absolute Gasteiger partial charge is 0.370 e. The maximum atomic E-state index is 11.5. The van der Waals surface area contributed by atoms with E-state index in [-0.39, 0.29) is 23.0 Å². The summed E-state index contributed by atoms with van der Waals surface area (Å²) in [6.45, 7) is 0.555. The molecule has 1 aromatic rings. The summed E-state index contributed by atoms with van der Waals surface area (Å²) in [5.74, 6) is 2.31. The van der Waals surface area contributed by atoms with Gasteiger partial charge in [-0.05, 0) is 25.2 Å². The Balaban J connectivity index is 1.65. The Hall–Kier alpha value is -1.37. The highest BCUT2D eigenvalue weighted by atomic mass is 32.2. The maximum Gasteiger partial charge on any atom is 0.252 e. The summed E-state index contributed by atoms with van der Waals surface area (Å²) in [5.41, 5.74) is -0.154. The fourth-order valence-electron chi connectivity index (χ4n) is 2.40. The van der Waals surface area contributed by atoms with Crippen LogP contribution in [0.25, 0.3) is 0 Å². The van der Waals surface area contributed by atoms with E-state index in [2.05, 4.69) is 15.3 Å². The molecular weight excluding hydrogens is 266 g/mol. The van der Waals surface area contributed by atoms with Gasteiger partial charge in [-0.25, -0.2) is 13.4 Å². The van der Waals surface area contributed by atoms with Gasteiger partial charge in [0.1, 0.15) is 11.6 Å². The summed E-state index contributed by atoms with van der Waals surface area (Å²) in [5, 5.41) is 3.09. The van der Waals surface area contributed by atoms with Crippen LogP contribution in [-0.2, 0) is 9.84 Å². The first kappa shape index (κ1) is 12.7. The summed E-state index contributed by atoms with van der Waals surface area (Å²) >= 11 is 0. The van der Waals surface area contributed by atoms with Crippen molar-refractivity contribution in [3.63, 3.8) is 0 Å². The molecule has 1 saturated carbocycles. The van der Waals surface area contributed by atoms with Crippen LogP contribution in [0.2, 0.25) is 0 Å². The molecule has 2 heterocycles. The van der Waals surface area contributed by atoms with Gasteiger partial charge >= 0.3 is 0 Å². The number of anilines is 1. The van der Waals surface area contributed by atoms with Crippen LogP contribution in [0, 0.1) is 5.92 Å². The van der Waals surface area contributed by atoms with E-state index in [1.165, 1.54) is 6.07 Å². The molecule has 1 aromatic heterocycles. The zero-order valence-electron chi connectivity index (χ0n) is 10.6. The number of hydrogen-bond donors (Lipinski definition) is 2. The van der Waals surface area contributed by atoms with Crippen LogP contribution in [-0.4, -0.2) is 36.4 Å². The molecule has 1 aliphatic carbocycles. The Morgan fingerprint density at radius 1 is 1.37 bits per heavy atom. The molecule has 19 heavy (non-hydrogen) atoms. The third kappa shape index (κ3) is 3.15. The second-order valence-corrected chi connectivity index (χ2v) is 7.67. The lowest BCUT2D eigenvalue weighted by atomic mass is 10.1. The average Bonchev–Trinajstić information content (AvgIpc) is 3.11. The van der Waals surface area contributed by atoms with Gasteiger partial charge in [-0.15, -0.1) is 0 Å². The van der Waals surface area contributed by atoms with Gasteiger partial charge in [0.05, 0.1) is 11.5 Å². The molecule has 1 atom stereocenters. The van der Waals surface area contributed by atoms with E-state index in [1.54, 1.807) is 0 Å². The van der Waals surface area contributed by atoms with Crippen molar-refractivity contribution in [1.82, 2.24) is 9.97 Å². The Morgan fingerprint density at radius 2 is 2.16 bits per heavy atom. The van der Waals surface area contributed by atoms with Crippen molar-refractivity contribution < 1.29 is 8.42 Å². The Kier molecular flexibility index (Phi) is 3.08. The monoisotopic (exact) mass is 283 g/mol. The number of nitrogens with zero attached hydrogens (tertiary/aromatic N) is 1. The average molecular weight is 283 g/mol. The predicted octanol–water partition coefficient (Wildman–Crippen LogP) is 0.494. The van der Waals surface area contributed by atoms with Gasteiger partial charge in [0.2, 0.25) is 0 Å². The molecule has 0 aromatic carbocycles. The van der Waals surface area contributed by atoms with Crippen molar-refractivity contribution in [3.8, 4) is 0 Å². The van der Waals surface area contributed by atoms with Crippen LogP contribution >= 0.6 is 0 Å². The van der Waals surface area contributed by atoms with Crippen molar-refractivity contribution in [1.29, 1.82) is 0 Å². The smallest absolute Gasteiger partial charge is 0.252 e. The van der Waals surface area contributed by atoms with Crippen molar-refractivity contribution in [2.75, 3.05) is 23.4 Å². The van der Waals surface area contributed by atoms with Crippen LogP contribution < -0.4 is 10.9 Å². The minimum absolute atomic E-state index is 0.121. The zero-order chi connectivity index (χ0) is 13.5. The van der Waals surface area contributed by atoms with E-state index in [1.807, 2.05) is 0 Å². The highest BCUT2D eigenvalue weighted by Crippen LogP contribution is 2.37. The number of aromatic amines is 1. The molecule has 3 rings (SSSR count). The second kappa shape index (κ2) is 4.63. The highest BCUT2D eigenvalue weighted by molar-refractivity contribution is 7.91. The van der Waals surface area contributed by atoms with Crippen molar-refractivity contribution in [3.05, 3.63) is 22.2 Å². The lowest BCUT2D eigenvalue weighted by molar-refractivity contribution is 0.595. The van der Waals surface area contributed by atoms with Gasteiger partial charge < -0.3 is 10.3 Å². The topological polar surface area (TPSA) is 91.9 Å². The maximum absolute atomic E-state index is 11.5. The Morgan fingerprint density at radius 3 is 2.79 bits per heavy atom. The standard InChI is InChI=1S/C12H17N3O3S/c16-11-5-10(14-12(15-11)9-1-2-9)13-6-8-3-4-19(17,18)7-8/h5,8-9H,1-4,6-7H2,(H2,13,14,15,16). The predicted molar refractivity (Wildman–Crippen MR) is 72.1 cm³/mol. The van der Waals surface area contributed by atoms with Gasteiger partial charge in [0, 0.05) is 18.5 Å². The first-order valence-corrected chi connectivity index (χ1v) is 8.39. The highest BCUT2D eigenvalue weighted by Gasteiger charge is 2.28. The number of hydrogen-bond acceptors (Lipinski definition) is 5. The lowest BCUT2D eigenvalue weighted by Gasteiger charge is -2.10. The first-order valence-electron chi connectivity index (χ1n) is 6.57. The molecule has 0 bridgehead atoms. The lowest BCUT2D eigenvalue weighted by Crippen LogP contribution is -2.19. The van der Waals surface area contributed by atoms with Crippen LogP contribution in [0.15, 0.2) is 10.9 Å². The minimum atomic E-state index is -2.85. The Bertz CT molecular complexity index is 634. The van der Waals surface area contributed by atoms with Crippen molar-refractivity contribution >= 4 is 15.7 Å². The van der Waals surface area contributed by atoms with E-state index in [0.29, 0.717) is 24.7 Å². The van der Waals surface area contributed by atoms with Crippen LogP contribution in [0.1, 0.15) is 31.0 Å². The molecule has 1 unspecified atom stereocenters. The van der Waals surface area contributed by atoms with E-state index in [4.69, 9.17) is 0 Å². The number of H-pyrrole nitrogens is 1. The van der Waals surface area contributed by atoms with Crippen LogP contribution in [0.5, 0.6) is 0 Å². The summed E-state index contributed by atoms with van der Waals surface area (Å²) < 4.78 is 22.7. The normalized spacial score (nSPS) is 25.4. The van der Waals surface area contributed by atoms with E-state index in [0.717, 1.165) is 18.7 Å². The van der Waals surface area contributed by atoms with Gasteiger partial charge in [0.15, 0.2) is 9.84 Å². The third-order valence-electron chi connectivity index (χ3n) is 3.62. The summed E-state index contributed by atoms with van der Waals surface area (Å²) in [4.78, 5) is 18.6. The van der Waals surface area contributed by atoms with Gasteiger partial charge in [-0.2, -0.15) is 0 Å². The molecule has 7 heteroatoms. The molecular formula is C12H17N3O3S. The van der Waals surface area contributed by atoms with Crippen molar-refractivity contribution in [2.45, 2.75) is 25.2 Å². The quantitative estimate of drug-likeness (QED) is 0.839. The molecule has 0 amide bonds. The van der Waals surface area contributed by atoms with E-state index in [9.17, 15) is 13.2 Å². The fraction of sp³-hybridized carbons (Fsp3) is 0.667. The van der Waals surface area contributed by atoms with E-state index >= 15 is 0 Å². The summed E-state index contributed by atoms with van der Waals surface area (Å²) in [6.07, 6.45) is 2.84. The summed E-state index contributed by atoms with van der Waals surface area (Å²) in [7, 11) is -2.85. The molecule has 2 N–H and O–H groups in total. The third-order valence-corrected chi connectivity index (χ3v) is 5.46. The Labute approximate surface area is 111 Å². The first-order chi connectivity index (χ1) is 9.02. The van der Waals surface area contributed by atoms with Crippen LogP contribution in [0.3, 0.4) is 0 Å². The minimum Gasteiger partial charge on any atom is -0.370 e. The van der Waals surface area contributed by atoms with Gasteiger partial charge in [-0.3, -0.25) is 4.79 Å². The van der Waals surface area contributed by atoms with Gasteiger partial charge in [0.25, 0.3) is 5.56 Å². The number of rotatable bonds is 4. The molecule has 1 aliphatic heterocycles. The number of sulfone groups is 1.